The van der Waals surface area contributed by atoms with Crippen molar-refractivity contribution in [3.8, 4) is 0 Å². The van der Waals surface area contributed by atoms with Gasteiger partial charge >= 0.3 is 12.7 Å². The average molecular weight is 195 g/mol. The van der Waals surface area contributed by atoms with Gasteiger partial charge in [-0.15, -0.1) is 0 Å². The Labute approximate surface area is 62.8 Å². The lowest BCUT2D eigenvalue weighted by atomic mass is 10.3. The molecule has 0 saturated carbocycles. The van der Waals surface area contributed by atoms with Gasteiger partial charge in [0.25, 0.3) is 0 Å². The van der Waals surface area contributed by atoms with Crippen LogP contribution in [0.2, 0.25) is 5.28 Å². The monoisotopic (exact) mass is 194 g/mol. The van der Waals surface area contributed by atoms with Crippen molar-refractivity contribution in [2.75, 3.05) is 7.11 Å². The zero-order valence-corrected chi connectivity index (χ0v) is 8.39. The first kappa shape index (κ1) is 8.97. The molecule has 0 N–H and O–H groups in total. The third-order valence-corrected chi connectivity index (χ3v) is 4.98. The van der Waals surface area contributed by atoms with Crippen LogP contribution in [0.25, 0.3) is 0 Å². The van der Waals surface area contributed by atoms with Crippen LogP contribution >= 0.6 is 14.1 Å². The Morgan fingerprint density at radius 1 is 1.62 bits per heavy atom. The highest BCUT2D eigenvalue weighted by atomic mass is 79.9. The molecular formula is C5H12AlBrO. The molecule has 0 bridgehead atoms. The lowest BCUT2D eigenvalue weighted by Crippen LogP contribution is -2.08. The Kier molecular flexibility index (Phi) is 5.40. The molecule has 0 spiro atoms. The summed E-state index contributed by atoms with van der Waals surface area (Å²) >= 11 is 2.57. The minimum atomic E-state index is -0.927. The molecule has 0 aromatic carbocycles. The molecule has 3 heteroatoms. The largest absolute Gasteiger partial charge is 0.557 e. The number of hydrogen-bond acceptors (Lipinski definition) is 1. The number of halogens is 1. The van der Waals surface area contributed by atoms with Gasteiger partial charge in [0, 0.05) is 7.11 Å². The van der Waals surface area contributed by atoms with Gasteiger partial charge in [0.2, 0.25) is 0 Å². The summed E-state index contributed by atoms with van der Waals surface area (Å²) in [5, 5.41) is 1.22. The van der Waals surface area contributed by atoms with Crippen molar-refractivity contribution in [2.45, 2.75) is 19.1 Å². The lowest BCUT2D eigenvalue weighted by Gasteiger charge is -2.03. The quantitative estimate of drug-likeness (QED) is 0.627. The van der Waals surface area contributed by atoms with Crippen molar-refractivity contribution < 1.29 is 3.79 Å². The van der Waals surface area contributed by atoms with Crippen LogP contribution in [-0.4, -0.2) is 19.8 Å². The van der Waals surface area contributed by atoms with Gasteiger partial charge in [-0.2, -0.15) is 14.1 Å². The van der Waals surface area contributed by atoms with E-state index < -0.39 is 12.7 Å². The van der Waals surface area contributed by atoms with Crippen LogP contribution in [0.4, 0.5) is 0 Å². The molecule has 8 heavy (non-hydrogen) atoms. The zero-order chi connectivity index (χ0) is 6.57. The van der Waals surface area contributed by atoms with Crippen LogP contribution in [0.3, 0.4) is 0 Å². The van der Waals surface area contributed by atoms with Crippen molar-refractivity contribution in [1.29, 1.82) is 0 Å². The molecular weight excluding hydrogens is 183 g/mol. The van der Waals surface area contributed by atoms with Crippen LogP contribution < -0.4 is 0 Å². The van der Waals surface area contributed by atoms with E-state index in [0.717, 1.165) is 5.92 Å². The summed E-state index contributed by atoms with van der Waals surface area (Å²) in [6, 6.07) is 0. The first-order valence-corrected chi connectivity index (χ1v) is 7.30. The molecule has 0 heterocycles. The fourth-order valence-corrected chi connectivity index (χ4v) is 3.64. The Balaban J connectivity index is 3.10. The van der Waals surface area contributed by atoms with Gasteiger partial charge in [-0.1, -0.05) is 25.0 Å². The molecule has 0 saturated heterocycles. The fraction of sp³-hybridized carbons (Fsp3) is 1.00. The van der Waals surface area contributed by atoms with E-state index in [4.69, 9.17) is 3.79 Å². The van der Waals surface area contributed by atoms with Crippen LogP contribution in [0.1, 0.15) is 13.8 Å². The Morgan fingerprint density at radius 2 is 2.12 bits per heavy atom. The maximum Gasteiger partial charge on any atom is 0.557 e. The molecule has 1 nitrogen and oxygen atoms in total. The van der Waals surface area contributed by atoms with Crippen molar-refractivity contribution in [1.82, 2.24) is 0 Å². The first-order chi connectivity index (χ1) is 3.66. The molecule has 0 atom stereocenters. The highest BCUT2D eigenvalue weighted by molar-refractivity contribution is 9.24. The summed E-state index contributed by atoms with van der Waals surface area (Å²) in [5.41, 5.74) is 0. The Morgan fingerprint density at radius 3 is 2.25 bits per heavy atom. The summed E-state index contributed by atoms with van der Waals surface area (Å²) < 4.78 is 5.12. The van der Waals surface area contributed by atoms with E-state index in [1.54, 1.807) is 7.11 Å². The van der Waals surface area contributed by atoms with E-state index in [1.807, 2.05) is 0 Å². The fourth-order valence-electron chi connectivity index (χ4n) is 0.467. The molecule has 0 aromatic heterocycles. The summed E-state index contributed by atoms with van der Waals surface area (Å²) in [6.45, 7) is 4.42. The van der Waals surface area contributed by atoms with Gasteiger partial charge in [0.15, 0.2) is 0 Å². The van der Waals surface area contributed by atoms with Crippen molar-refractivity contribution in [3.63, 3.8) is 0 Å². The topological polar surface area (TPSA) is 9.23 Å². The normalized spacial score (nSPS) is 10.1. The standard InChI is InChI=1S/C4H9.CH3O.Al.BrH/c1-4(2)3;1-2;;/h4H,1H2,2-3H3;1H3;;1H/q;-1;+2;/p-1. The van der Waals surface area contributed by atoms with Crippen molar-refractivity contribution in [3.05, 3.63) is 0 Å². The smallest absolute Gasteiger partial charge is 0.495 e. The second-order valence-corrected chi connectivity index (χ2v) is 7.10. The third-order valence-electron chi connectivity index (χ3n) is 0.912. The average Bonchev–Trinajstić information content (AvgIpc) is 1.65. The van der Waals surface area contributed by atoms with E-state index in [2.05, 4.69) is 27.9 Å². The highest BCUT2D eigenvalue weighted by Crippen LogP contribution is 2.09. The van der Waals surface area contributed by atoms with Crippen LogP contribution in [-0.2, 0) is 3.79 Å². The second-order valence-electron chi connectivity index (χ2n) is 2.28. The van der Waals surface area contributed by atoms with Gasteiger partial charge in [-0.3, -0.25) is 0 Å². The predicted octanol–water partition coefficient (Wildman–Crippen LogP) is 2.17. The van der Waals surface area contributed by atoms with E-state index in [9.17, 15) is 0 Å². The summed E-state index contributed by atoms with van der Waals surface area (Å²) in [6.07, 6.45) is 0. The lowest BCUT2D eigenvalue weighted by molar-refractivity contribution is 0.430. The second kappa shape index (κ2) is 4.81. The van der Waals surface area contributed by atoms with E-state index in [1.165, 1.54) is 5.28 Å². The molecule has 0 amide bonds. The van der Waals surface area contributed by atoms with Crippen LogP contribution in [0.15, 0.2) is 0 Å². The van der Waals surface area contributed by atoms with Gasteiger partial charge in [-0.05, 0) is 0 Å². The summed E-state index contributed by atoms with van der Waals surface area (Å²) in [4.78, 5) is 0. The SMILES string of the molecule is C[O][Al]([Br])[CH2]C(C)C. The highest BCUT2D eigenvalue weighted by Gasteiger charge is 2.15. The van der Waals surface area contributed by atoms with Gasteiger partial charge in [0.05, 0.1) is 0 Å². The zero-order valence-electron chi connectivity index (χ0n) is 5.65. The molecule has 0 aliphatic carbocycles. The molecule has 0 rings (SSSR count). The molecule has 0 aliphatic heterocycles. The minimum absolute atomic E-state index is 0.769. The van der Waals surface area contributed by atoms with E-state index in [-0.39, 0.29) is 0 Å². The van der Waals surface area contributed by atoms with E-state index in [0.29, 0.717) is 0 Å². The minimum Gasteiger partial charge on any atom is -0.495 e. The molecule has 0 radical (unpaired) electrons. The molecule has 0 unspecified atom stereocenters. The van der Waals surface area contributed by atoms with Crippen molar-refractivity contribution >= 4 is 26.7 Å². The number of hydrogen-bond donors (Lipinski definition) is 0. The first-order valence-electron chi connectivity index (χ1n) is 2.83. The molecule has 0 fully saturated rings. The Bertz CT molecular complexity index is 58.4. The third kappa shape index (κ3) is 5.12. The van der Waals surface area contributed by atoms with Gasteiger partial charge < -0.3 is 3.79 Å². The van der Waals surface area contributed by atoms with Crippen LogP contribution in [0, 0.1) is 5.92 Å². The summed E-state index contributed by atoms with van der Waals surface area (Å²) in [5.74, 6) is 0.769. The maximum absolute atomic E-state index is 5.12. The van der Waals surface area contributed by atoms with Crippen molar-refractivity contribution in [2.24, 2.45) is 5.92 Å². The van der Waals surface area contributed by atoms with Gasteiger partial charge in [-0.25, -0.2) is 0 Å². The Hall–Kier alpha value is 0.972. The molecule has 0 aromatic rings. The maximum atomic E-state index is 5.12. The van der Waals surface area contributed by atoms with Gasteiger partial charge in [0.1, 0.15) is 0 Å². The van der Waals surface area contributed by atoms with E-state index >= 15 is 0 Å². The summed E-state index contributed by atoms with van der Waals surface area (Å²) in [7, 11) is 1.77. The number of rotatable bonds is 3. The predicted molar refractivity (Wildman–Crippen MR) is 41.3 cm³/mol. The molecule has 48 valence electrons. The van der Waals surface area contributed by atoms with Crippen LogP contribution in [0.5, 0.6) is 0 Å². The molecule has 0 aliphatic rings.